The van der Waals surface area contributed by atoms with Crippen molar-refractivity contribution in [2.24, 2.45) is 5.92 Å². The highest BCUT2D eigenvalue weighted by Crippen LogP contribution is 2.40. The number of carbonyl (C=O) groups excluding carboxylic acids is 2. The van der Waals surface area contributed by atoms with Gasteiger partial charge in [-0.15, -0.1) is 0 Å². The minimum absolute atomic E-state index is 0.0152. The van der Waals surface area contributed by atoms with E-state index in [4.69, 9.17) is 14.2 Å². The Balaban J connectivity index is 1.39. The van der Waals surface area contributed by atoms with E-state index < -0.39 is 17.3 Å². The zero-order valence-corrected chi connectivity index (χ0v) is 19.2. The minimum atomic E-state index is -4.61. The van der Waals surface area contributed by atoms with E-state index in [1.807, 2.05) is 0 Å². The second kappa shape index (κ2) is 10.2. The molecule has 4 rings (SSSR count). The van der Waals surface area contributed by atoms with Crippen molar-refractivity contribution in [3.8, 4) is 17.2 Å². The van der Waals surface area contributed by atoms with Crippen LogP contribution in [0.2, 0.25) is 0 Å². The summed E-state index contributed by atoms with van der Waals surface area (Å²) in [5.74, 6) is -0.436. The molecular weight excluding hydrogens is 465 g/mol. The SMILES string of the molecule is COc1ccc(Oc2ccc(CNC(=O)C3(NC(=O)C4CC4)CCOCC3)cc2)c(C(F)(F)F)c1. The van der Waals surface area contributed by atoms with E-state index in [0.717, 1.165) is 24.5 Å². The third kappa shape index (κ3) is 6.05. The van der Waals surface area contributed by atoms with Gasteiger partial charge in [0.05, 0.1) is 7.11 Å². The Labute approximate surface area is 200 Å². The second-order valence-electron chi connectivity index (χ2n) is 8.75. The lowest BCUT2D eigenvalue weighted by atomic mass is 9.88. The van der Waals surface area contributed by atoms with Crippen LogP contribution in [0.5, 0.6) is 17.2 Å². The van der Waals surface area contributed by atoms with E-state index in [0.29, 0.717) is 26.1 Å². The number of hydrogen-bond acceptors (Lipinski definition) is 5. The number of alkyl halides is 3. The molecule has 0 radical (unpaired) electrons. The molecule has 2 amide bonds. The van der Waals surface area contributed by atoms with Gasteiger partial charge < -0.3 is 24.8 Å². The molecule has 0 unspecified atom stereocenters. The number of methoxy groups -OCH3 is 1. The molecule has 1 aliphatic heterocycles. The molecule has 35 heavy (non-hydrogen) atoms. The highest BCUT2D eigenvalue weighted by Gasteiger charge is 2.44. The fraction of sp³-hybridized carbons (Fsp3) is 0.440. The lowest BCUT2D eigenvalue weighted by molar-refractivity contribution is -0.138. The van der Waals surface area contributed by atoms with Crippen LogP contribution >= 0.6 is 0 Å². The average molecular weight is 492 g/mol. The Morgan fingerprint density at radius 3 is 2.31 bits per heavy atom. The predicted octanol–water partition coefficient (Wildman–Crippen LogP) is 4.20. The van der Waals surface area contributed by atoms with Gasteiger partial charge in [-0.1, -0.05) is 12.1 Å². The van der Waals surface area contributed by atoms with E-state index in [1.54, 1.807) is 12.1 Å². The summed E-state index contributed by atoms with van der Waals surface area (Å²) in [5.41, 5.74) is -1.21. The average Bonchev–Trinajstić information content (AvgIpc) is 3.69. The first-order chi connectivity index (χ1) is 16.7. The minimum Gasteiger partial charge on any atom is -0.497 e. The van der Waals surface area contributed by atoms with Crippen molar-refractivity contribution in [1.82, 2.24) is 10.6 Å². The van der Waals surface area contributed by atoms with Crippen molar-refractivity contribution in [3.05, 3.63) is 53.6 Å². The zero-order chi connectivity index (χ0) is 25.1. The van der Waals surface area contributed by atoms with Gasteiger partial charge in [0.15, 0.2) is 0 Å². The first kappa shape index (κ1) is 24.8. The molecule has 0 bridgehead atoms. The molecule has 1 aliphatic carbocycles. The molecule has 0 aromatic heterocycles. The summed E-state index contributed by atoms with van der Waals surface area (Å²) in [6, 6.07) is 9.86. The summed E-state index contributed by atoms with van der Waals surface area (Å²) < 4.78 is 56.0. The lowest BCUT2D eigenvalue weighted by Crippen LogP contribution is -2.61. The van der Waals surface area contributed by atoms with Gasteiger partial charge in [-0.3, -0.25) is 9.59 Å². The van der Waals surface area contributed by atoms with Crippen molar-refractivity contribution in [3.63, 3.8) is 0 Å². The number of hydrogen-bond donors (Lipinski definition) is 2. The van der Waals surface area contributed by atoms with Crippen LogP contribution in [0.15, 0.2) is 42.5 Å². The molecular formula is C25H27F3N2O5. The number of carbonyl (C=O) groups is 2. The number of nitrogens with one attached hydrogen (secondary N) is 2. The van der Waals surface area contributed by atoms with Crippen molar-refractivity contribution in [2.75, 3.05) is 20.3 Å². The van der Waals surface area contributed by atoms with E-state index in [1.165, 1.54) is 31.4 Å². The van der Waals surface area contributed by atoms with Crippen LogP contribution in [0.4, 0.5) is 13.2 Å². The van der Waals surface area contributed by atoms with Crippen molar-refractivity contribution in [1.29, 1.82) is 0 Å². The second-order valence-corrected chi connectivity index (χ2v) is 8.75. The topological polar surface area (TPSA) is 85.9 Å². The molecule has 1 heterocycles. The summed E-state index contributed by atoms with van der Waals surface area (Å²) in [6.07, 6.45) is -2.13. The van der Waals surface area contributed by atoms with Crippen molar-refractivity contribution < 1.29 is 37.0 Å². The Bertz CT molecular complexity index is 1060. The Morgan fingerprint density at radius 1 is 1.06 bits per heavy atom. The standard InChI is InChI=1S/C25H27F3N2O5/c1-33-19-8-9-21(20(14-19)25(26,27)28)35-18-6-2-16(3-7-18)15-29-23(32)24(10-12-34-13-11-24)30-22(31)17-4-5-17/h2-3,6-9,14,17H,4-5,10-13,15H2,1H3,(H,29,32)(H,30,31). The van der Waals surface area contributed by atoms with Crippen LogP contribution in [0.3, 0.4) is 0 Å². The molecule has 1 saturated heterocycles. The molecule has 0 spiro atoms. The van der Waals surface area contributed by atoms with Gasteiger partial charge in [-0.25, -0.2) is 0 Å². The van der Waals surface area contributed by atoms with Gasteiger partial charge >= 0.3 is 6.18 Å². The van der Waals surface area contributed by atoms with Gasteiger partial charge in [-0.05, 0) is 48.7 Å². The first-order valence-corrected chi connectivity index (χ1v) is 11.4. The highest BCUT2D eigenvalue weighted by molar-refractivity contribution is 5.92. The lowest BCUT2D eigenvalue weighted by Gasteiger charge is -2.36. The van der Waals surface area contributed by atoms with Gasteiger partial charge in [0.25, 0.3) is 0 Å². The largest absolute Gasteiger partial charge is 0.497 e. The third-order valence-electron chi connectivity index (χ3n) is 6.19. The van der Waals surface area contributed by atoms with Gasteiger partial charge in [0.1, 0.15) is 28.4 Å². The number of ether oxygens (including phenoxy) is 3. The molecule has 2 aromatic rings. The fourth-order valence-electron chi connectivity index (χ4n) is 3.91. The normalized spacial score (nSPS) is 17.4. The van der Waals surface area contributed by atoms with Crippen LogP contribution in [-0.2, 0) is 27.0 Å². The van der Waals surface area contributed by atoms with E-state index in [9.17, 15) is 22.8 Å². The summed E-state index contributed by atoms with van der Waals surface area (Å²) in [7, 11) is 1.29. The van der Waals surface area contributed by atoms with Crippen molar-refractivity contribution in [2.45, 2.75) is 43.9 Å². The molecule has 2 N–H and O–H groups in total. The summed E-state index contributed by atoms with van der Waals surface area (Å²) in [5, 5.41) is 5.81. The zero-order valence-electron chi connectivity index (χ0n) is 19.2. The molecule has 188 valence electrons. The van der Waals surface area contributed by atoms with Crippen LogP contribution in [-0.4, -0.2) is 37.7 Å². The molecule has 0 atom stereocenters. The van der Waals surface area contributed by atoms with E-state index in [2.05, 4.69) is 10.6 Å². The smallest absolute Gasteiger partial charge is 0.420 e. The summed E-state index contributed by atoms with van der Waals surface area (Å²) in [4.78, 5) is 25.4. The third-order valence-corrected chi connectivity index (χ3v) is 6.19. The Hall–Kier alpha value is -3.27. The molecule has 2 aromatic carbocycles. The van der Waals surface area contributed by atoms with Crippen LogP contribution in [0, 0.1) is 5.92 Å². The quantitative estimate of drug-likeness (QED) is 0.577. The van der Waals surface area contributed by atoms with Crippen LogP contribution in [0.1, 0.15) is 36.8 Å². The van der Waals surface area contributed by atoms with E-state index in [-0.39, 0.29) is 41.5 Å². The first-order valence-electron chi connectivity index (χ1n) is 11.4. The van der Waals surface area contributed by atoms with Crippen LogP contribution in [0.25, 0.3) is 0 Å². The number of benzene rings is 2. The molecule has 1 saturated carbocycles. The monoisotopic (exact) mass is 492 g/mol. The number of amides is 2. The molecule has 2 aliphatic rings. The maximum atomic E-state index is 13.4. The molecule has 7 nitrogen and oxygen atoms in total. The molecule has 10 heteroatoms. The van der Waals surface area contributed by atoms with E-state index >= 15 is 0 Å². The van der Waals surface area contributed by atoms with Gasteiger partial charge in [-0.2, -0.15) is 13.2 Å². The summed E-state index contributed by atoms with van der Waals surface area (Å²) >= 11 is 0. The maximum absolute atomic E-state index is 13.4. The summed E-state index contributed by atoms with van der Waals surface area (Å²) in [6.45, 7) is 0.961. The number of rotatable bonds is 8. The fourth-order valence-corrected chi connectivity index (χ4v) is 3.91. The molecule has 2 fully saturated rings. The Kier molecular flexibility index (Phi) is 7.20. The predicted molar refractivity (Wildman–Crippen MR) is 120 cm³/mol. The van der Waals surface area contributed by atoms with Gasteiger partial charge in [0.2, 0.25) is 11.8 Å². The van der Waals surface area contributed by atoms with Crippen molar-refractivity contribution >= 4 is 11.8 Å². The maximum Gasteiger partial charge on any atom is 0.420 e. The number of halogens is 3. The van der Waals surface area contributed by atoms with Gasteiger partial charge in [0, 0.05) is 38.5 Å². The highest BCUT2D eigenvalue weighted by atomic mass is 19.4. The Morgan fingerprint density at radius 2 is 1.71 bits per heavy atom. The van der Waals surface area contributed by atoms with Crippen LogP contribution < -0.4 is 20.1 Å².